The molecule has 0 aliphatic heterocycles. The van der Waals surface area contributed by atoms with E-state index in [9.17, 15) is 4.79 Å². The highest BCUT2D eigenvalue weighted by atomic mass is 16.2. The van der Waals surface area contributed by atoms with Gasteiger partial charge in [0.25, 0.3) is 5.91 Å². The largest absolute Gasteiger partial charge is 0.316 e. The van der Waals surface area contributed by atoms with Gasteiger partial charge in [-0.05, 0) is 55.5 Å². The molecule has 0 saturated heterocycles. The summed E-state index contributed by atoms with van der Waals surface area (Å²) in [6.45, 7) is 7.97. The Morgan fingerprint density at radius 1 is 1.19 bits per heavy atom. The zero-order chi connectivity index (χ0) is 12.5. The number of carbonyl (C=O) groups excluding carboxylic acids is 1. The Labute approximate surface area is 96.0 Å². The first-order valence-electron chi connectivity index (χ1n) is 5.23. The minimum absolute atomic E-state index is 0.365. The smallest absolute Gasteiger partial charge is 0.255 e. The zero-order valence-corrected chi connectivity index (χ0v) is 10.2. The fourth-order valence-electron chi connectivity index (χ4n) is 1.93. The maximum atomic E-state index is 11.5. The lowest BCUT2D eigenvalue weighted by Crippen LogP contribution is -2.39. The van der Waals surface area contributed by atoms with Gasteiger partial charge in [-0.15, -0.1) is 0 Å². The van der Waals surface area contributed by atoms with Crippen molar-refractivity contribution in [3.63, 3.8) is 0 Å². The standard InChI is InChI=1S/C12H19N3O/c1-6-5-7(2)9(4)10(8(6)3)11(13)12(16)15-14/h5,11H,13-14H2,1-4H3,(H,15,16). The average Bonchev–Trinajstić information content (AvgIpc) is 2.25. The number of amides is 1. The first kappa shape index (κ1) is 12.7. The van der Waals surface area contributed by atoms with E-state index in [1.807, 2.05) is 27.7 Å². The molecule has 0 spiro atoms. The topological polar surface area (TPSA) is 81.1 Å². The second kappa shape index (κ2) is 4.63. The van der Waals surface area contributed by atoms with Crippen molar-refractivity contribution in [1.82, 2.24) is 5.43 Å². The van der Waals surface area contributed by atoms with Gasteiger partial charge in [-0.25, -0.2) is 5.84 Å². The molecule has 4 nitrogen and oxygen atoms in total. The minimum atomic E-state index is -0.705. The van der Waals surface area contributed by atoms with E-state index >= 15 is 0 Å². The predicted octanol–water partition coefficient (Wildman–Crippen LogP) is 0.910. The van der Waals surface area contributed by atoms with Crippen LogP contribution in [0.4, 0.5) is 0 Å². The van der Waals surface area contributed by atoms with Gasteiger partial charge in [0.15, 0.2) is 0 Å². The summed E-state index contributed by atoms with van der Waals surface area (Å²) in [7, 11) is 0. The maximum Gasteiger partial charge on any atom is 0.255 e. The summed E-state index contributed by atoms with van der Waals surface area (Å²) in [5, 5.41) is 0. The Morgan fingerprint density at radius 3 is 2.00 bits per heavy atom. The van der Waals surface area contributed by atoms with Crippen LogP contribution in [0.1, 0.15) is 33.9 Å². The molecule has 1 amide bonds. The van der Waals surface area contributed by atoms with Gasteiger partial charge in [-0.2, -0.15) is 0 Å². The highest BCUT2D eigenvalue weighted by Gasteiger charge is 2.20. The van der Waals surface area contributed by atoms with Crippen molar-refractivity contribution in [1.29, 1.82) is 0 Å². The fraction of sp³-hybridized carbons (Fsp3) is 0.417. The Kier molecular flexibility index (Phi) is 3.67. The number of aryl methyl sites for hydroxylation is 2. The normalized spacial score (nSPS) is 12.4. The third-order valence-electron chi connectivity index (χ3n) is 3.16. The Bertz CT molecular complexity index is 401. The van der Waals surface area contributed by atoms with Crippen LogP contribution in [0.25, 0.3) is 0 Å². The molecular formula is C12H19N3O. The maximum absolute atomic E-state index is 11.5. The molecule has 1 aromatic rings. The number of hydrogen-bond donors (Lipinski definition) is 3. The van der Waals surface area contributed by atoms with Crippen molar-refractivity contribution in [2.75, 3.05) is 0 Å². The molecule has 1 rings (SSSR count). The number of nitrogens with two attached hydrogens (primary N) is 2. The third kappa shape index (κ3) is 2.08. The summed E-state index contributed by atoms with van der Waals surface area (Å²) in [4.78, 5) is 11.5. The lowest BCUT2D eigenvalue weighted by atomic mass is 9.90. The van der Waals surface area contributed by atoms with E-state index in [2.05, 4.69) is 11.5 Å². The lowest BCUT2D eigenvalue weighted by molar-refractivity contribution is -0.122. The number of carbonyl (C=O) groups is 1. The first-order valence-corrected chi connectivity index (χ1v) is 5.23. The molecule has 0 aliphatic carbocycles. The monoisotopic (exact) mass is 221 g/mol. The van der Waals surface area contributed by atoms with E-state index in [0.717, 1.165) is 27.8 Å². The molecule has 0 fully saturated rings. The second-order valence-corrected chi connectivity index (χ2v) is 4.16. The van der Waals surface area contributed by atoms with Crippen molar-refractivity contribution in [3.8, 4) is 0 Å². The number of rotatable bonds is 2. The SMILES string of the molecule is Cc1cc(C)c(C)c(C(N)C(=O)NN)c1C. The van der Waals surface area contributed by atoms with Gasteiger partial charge in [0, 0.05) is 0 Å². The minimum Gasteiger partial charge on any atom is -0.316 e. The summed E-state index contributed by atoms with van der Waals surface area (Å²) in [6, 6.07) is 1.39. The summed E-state index contributed by atoms with van der Waals surface area (Å²) in [5.41, 5.74) is 13.2. The Morgan fingerprint density at radius 2 is 1.62 bits per heavy atom. The molecule has 0 bridgehead atoms. The number of nitrogens with one attached hydrogen (secondary N) is 1. The van der Waals surface area contributed by atoms with Gasteiger partial charge in [0.05, 0.1) is 0 Å². The number of benzene rings is 1. The summed E-state index contributed by atoms with van der Waals surface area (Å²) < 4.78 is 0. The van der Waals surface area contributed by atoms with Crippen molar-refractivity contribution in [3.05, 3.63) is 33.9 Å². The quantitative estimate of drug-likeness (QED) is 0.394. The van der Waals surface area contributed by atoms with E-state index in [0.29, 0.717) is 0 Å². The molecule has 0 heterocycles. The summed E-state index contributed by atoms with van der Waals surface area (Å²) >= 11 is 0. The number of hydrazine groups is 1. The molecule has 0 radical (unpaired) electrons. The van der Waals surface area contributed by atoms with Crippen LogP contribution in [0.15, 0.2) is 6.07 Å². The molecular weight excluding hydrogens is 202 g/mol. The van der Waals surface area contributed by atoms with E-state index in [-0.39, 0.29) is 5.91 Å². The molecule has 88 valence electrons. The molecule has 5 N–H and O–H groups in total. The molecule has 1 aromatic carbocycles. The summed E-state index contributed by atoms with van der Waals surface area (Å²) in [6.07, 6.45) is 0. The molecule has 0 aromatic heterocycles. The molecule has 16 heavy (non-hydrogen) atoms. The van der Waals surface area contributed by atoms with E-state index in [1.54, 1.807) is 0 Å². The zero-order valence-electron chi connectivity index (χ0n) is 10.2. The van der Waals surface area contributed by atoms with Crippen LogP contribution in [0, 0.1) is 27.7 Å². The van der Waals surface area contributed by atoms with E-state index < -0.39 is 6.04 Å². The lowest BCUT2D eigenvalue weighted by Gasteiger charge is -2.19. The van der Waals surface area contributed by atoms with Crippen LogP contribution in [0.3, 0.4) is 0 Å². The fourth-order valence-corrected chi connectivity index (χ4v) is 1.93. The predicted molar refractivity (Wildman–Crippen MR) is 64.6 cm³/mol. The van der Waals surface area contributed by atoms with Gasteiger partial charge >= 0.3 is 0 Å². The molecule has 0 aliphatic rings. The molecule has 1 unspecified atom stereocenters. The van der Waals surface area contributed by atoms with Gasteiger partial charge < -0.3 is 5.73 Å². The van der Waals surface area contributed by atoms with Crippen LogP contribution in [-0.4, -0.2) is 5.91 Å². The highest BCUT2D eigenvalue weighted by Crippen LogP contribution is 2.26. The van der Waals surface area contributed by atoms with Crippen molar-refractivity contribution in [2.24, 2.45) is 11.6 Å². The van der Waals surface area contributed by atoms with Crippen LogP contribution in [0.5, 0.6) is 0 Å². The third-order valence-corrected chi connectivity index (χ3v) is 3.16. The second-order valence-electron chi connectivity index (χ2n) is 4.16. The Balaban J connectivity index is 3.37. The van der Waals surface area contributed by atoms with Gasteiger partial charge in [0.2, 0.25) is 0 Å². The van der Waals surface area contributed by atoms with Crippen molar-refractivity contribution < 1.29 is 4.79 Å². The van der Waals surface area contributed by atoms with Gasteiger partial charge in [-0.1, -0.05) is 6.07 Å². The van der Waals surface area contributed by atoms with Gasteiger partial charge in [0.1, 0.15) is 6.04 Å². The molecule has 1 atom stereocenters. The Hall–Kier alpha value is -1.39. The summed E-state index contributed by atoms with van der Waals surface area (Å²) in [5.74, 6) is 4.74. The van der Waals surface area contributed by atoms with Crippen molar-refractivity contribution in [2.45, 2.75) is 33.7 Å². The van der Waals surface area contributed by atoms with Crippen LogP contribution in [0.2, 0.25) is 0 Å². The van der Waals surface area contributed by atoms with Crippen LogP contribution in [-0.2, 0) is 4.79 Å². The van der Waals surface area contributed by atoms with Crippen LogP contribution >= 0.6 is 0 Å². The molecule has 0 saturated carbocycles. The van der Waals surface area contributed by atoms with E-state index in [1.165, 1.54) is 0 Å². The van der Waals surface area contributed by atoms with Crippen molar-refractivity contribution >= 4 is 5.91 Å². The number of hydrogen-bond acceptors (Lipinski definition) is 3. The average molecular weight is 221 g/mol. The van der Waals surface area contributed by atoms with Gasteiger partial charge in [-0.3, -0.25) is 10.2 Å². The highest BCUT2D eigenvalue weighted by molar-refractivity contribution is 5.83. The first-order chi connectivity index (χ1) is 7.40. The van der Waals surface area contributed by atoms with E-state index in [4.69, 9.17) is 11.6 Å². The molecule has 4 heteroatoms. The van der Waals surface area contributed by atoms with Crippen LogP contribution < -0.4 is 17.0 Å².